The monoisotopic (exact) mass is 284 g/mol. The molecule has 104 valence electrons. The van der Waals surface area contributed by atoms with E-state index in [0.717, 1.165) is 11.5 Å². The highest BCUT2D eigenvalue weighted by atomic mass is 32.1. The molecule has 1 atom stereocenters. The van der Waals surface area contributed by atoms with Crippen LogP contribution in [-0.2, 0) is 4.79 Å². The number of aliphatic carboxylic acids is 1. The molecule has 2 heterocycles. The number of hydrogen-bond acceptors (Lipinski definition) is 5. The number of amides is 2. The van der Waals surface area contributed by atoms with Crippen molar-refractivity contribution in [1.29, 1.82) is 0 Å². The summed E-state index contributed by atoms with van der Waals surface area (Å²) < 4.78 is 3.66. The second kappa shape index (κ2) is 5.52. The van der Waals surface area contributed by atoms with Crippen LogP contribution in [0.1, 0.15) is 26.2 Å². The van der Waals surface area contributed by atoms with Gasteiger partial charge in [0.2, 0.25) is 0 Å². The van der Waals surface area contributed by atoms with Crippen LogP contribution in [0, 0.1) is 5.41 Å². The lowest BCUT2D eigenvalue weighted by molar-refractivity contribution is -0.152. The normalized spacial score (nSPS) is 23.1. The molecule has 1 aromatic heterocycles. The Kier molecular flexibility index (Phi) is 3.98. The van der Waals surface area contributed by atoms with Gasteiger partial charge in [0.25, 0.3) is 0 Å². The minimum absolute atomic E-state index is 0.247. The van der Waals surface area contributed by atoms with Gasteiger partial charge in [0.05, 0.1) is 11.6 Å². The number of carboxylic acid groups (broad SMARTS) is 1. The van der Waals surface area contributed by atoms with E-state index < -0.39 is 11.4 Å². The van der Waals surface area contributed by atoms with Crippen LogP contribution in [0.4, 0.5) is 9.80 Å². The van der Waals surface area contributed by atoms with E-state index in [-0.39, 0.29) is 12.6 Å². The second-order valence-corrected chi connectivity index (χ2v) is 5.46. The summed E-state index contributed by atoms with van der Waals surface area (Å²) >= 11 is 1.09. The number of nitrogens with zero attached hydrogens (tertiary/aromatic N) is 3. The van der Waals surface area contributed by atoms with E-state index in [1.54, 1.807) is 4.90 Å². The van der Waals surface area contributed by atoms with Gasteiger partial charge in [-0.1, -0.05) is 11.4 Å². The molecule has 7 nitrogen and oxygen atoms in total. The van der Waals surface area contributed by atoms with Crippen LogP contribution in [0.15, 0.2) is 6.20 Å². The predicted octanol–water partition coefficient (Wildman–Crippen LogP) is 1.65. The molecule has 0 aliphatic carbocycles. The number of carboxylic acids is 1. The van der Waals surface area contributed by atoms with E-state index >= 15 is 0 Å². The van der Waals surface area contributed by atoms with Crippen molar-refractivity contribution in [3.63, 3.8) is 0 Å². The van der Waals surface area contributed by atoms with Gasteiger partial charge >= 0.3 is 12.0 Å². The molecule has 0 aromatic carbocycles. The van der Waals surface area contributed by atoms with Gasteiger partial charge in [0.1, 0.15) is 5.00 Å². The molecule has 2 rings (SSSR count). The summed E-state index contributed by atoms with van der Waals surface area (Å²) in [6.45, 7) is 2.67. The molecular weight excluding hydrogens is 268 g/mol. The fourth-order valence-electron chi connectivity index (χ4n) is 2.33. The average Bonchev–Trinajstić information content (AvgIpc) is 2.91. The Balaban J connectivity index is 2.04. The summed E-state index contributed by atoms with van der Waals surface area (Å²) in [5.41, 5.74) is -0.818. The SMILES string of the molecule is CCC1(C(=O)O)CCCN(C(=O)Nc2cnns2)C1. The zero-order valence-corrected chi connectivity index (χ0v) is 11.4. The first-order chi connectivity index (χ1) is 9.07. The zero-order chi connectivity index (χ0) is 13.9. The van der Waals surface area contributed by atoms with Crippen molar-refractivity contribution in [3.05, 3.63) is 6.20 Å². The quantitative estimate of drug-likeness (QED) is 0.879. The zero-order valence-electron chi connectivity index (χ0n) is 10.6. The van der Waals surface area contributed by atoms with E-state index in [1.807, 2.05) is 6.92 Å². The molecule has 2 N–H and O–H groups in total. The fourth-order valence-corrected chi connectivity index (χ4v) is 2.74. The maximum atomic E-state index is 12.1. The van der Waals surface area contributed by atoms with Crippen molar-refractivity contribution in [2.45, 2.75) is 26.2 Å². The van der Waals surface area contributed by atoms with Crippen LogP contribution >= 0.6 is 11.5 Å². The molecule has 1 aliphatic rings. The third-order valence-corrected chi connectivity index (χ3v) is 4.17. The summed E-state index contributed by atoms with van der Waals surface area (Å²) in [5, 5.41) is 16.2. The molecule has 1 unspecified atom stereocenters. The fraction of sp³-hybridized carbons (Fsp3) is 0.636. The molecule has 0 spiro atoms. The number of rotatable bonds is 3. The topological polar surface area (TPSA) is 95.4 Å². The Labute approximate surface area is 114 Å². The lowest BCUT2D eigenvalue weighted by atomic mass is 9.78. The van der Waals surface area contributed by atoms with Crippen molar-refractivity contribution in [3.8, 4) is 0 Å². The lowest BCUT2D eigenvalue weighted by Crippen LogP contribution is -2.50. The van der Waals surface area contributed by atoms with Crippen LogP contribution in [0.25, 0.3) is 0 Å². The van der Waals surface area contributed by atoms with Gasteiger partial charge in [-0.2, -0.15) is 0 Å². The standard InChI is InChI=1S/C11H16N4O3S/c1-2-11(9(16)17)4-3-5-15(7-11)10(18)13-8-6-12-14-19-8/h6H,2-5,7H2,1H3,(H,13,18)(H,16,17). The summed E-state index contributed by atoms with van der Waals surface area (Å²) in [7, 11) is 0. The number of nitrogens with one attached hydrogen (secondary N) is 1. The van der Waals surface area contributed by atoms with Gasteiger partial charge in [0, 0.05) is 24.6 Å². The molecule has 19 heavy (non-hydrogen) atoms. The number of hydrogen-bond donors (Lipinski definition) is 2. The van der Waals surface area contributed by atoms with Gasteiger partial charge in [0.15, 0.2) is 0 Å². The number of piperidine rings is 1. The molecule has 0 saturated carbocycles. The van der Waals surface area contributed by atoms with Crippen LogP contribution < -0.4 is 5.32 Å². The second-order valence-electron chi connectivity index (χ2n) is 4.68. The summed E-state index contributed by atoms with van der Waals surface area (Å²) in [4.78, 5) is 25.0. The lowest BCUT2D eigenvalue weighted by Gasteiger charge is -2.39. The first-order valence-electron chi connectivity index (χ1n) is 6.14. The van der Waals surface area contributed by atoms with Gasteiger partial charge in [-0.25, -0.2) is 4.79 Å². The van der Waals surface area contributed by atoms with Gasteiger partial charge in [-0.15, -0.1) is 5.10 Å². The maximum Gasteiger partial charge on any atom is 0.322 e. The van der Waals surface area contributed by atoms with Crippen LogP contribution in [0.3, 0.4) is 0 Å². The molecule has 2 amide bonds. The first kappa shape index (κ1) is 13.7. The molecule has 0 radical (unpaired) electrons. The predicted molar refractivity (Wildman–Crippen MR) is 70.1 cm³/mol. The summed E-state index contributed by atoms with van der Waals surface area (Å²) in [5.74, 6) is -0.827. The molecule has 1 aliphatic heterocycles. The van der Waals surface area contributed by atoms with E-state index in [0.29, 0.717) is 30.8 Å². The molecule has 1 aromatic rings. The number of anilines is 1. The highest BCUT2D eigenvalue weighted by molar-refractivity contribution is 7.10. The van der Waals surface area contributed by atoms with Crippen molar-refractivity contribution < 1.29 is 14.7 Å². The van der Waals surface area contributed by atoms with Crippen LogP contribution in [-0.4, -0.2) is 44.7 Å². The van der Waals surface area contributed by atoms with E-state index in [9.17, 15) is 14.7 Å². The minimum Gasteiger partial charge on any atom is -0.481 e. The Morgan fingerprint density at radius 3 is 3.00 bits per heavy atom. The van der Waals surface area contributed by atoms with Crippen LogP contribution in [0.2, 0.25) is 0 Å². The Hall–Kier alpha value is -1.70. The first-order valence-corrected chi connectivity index (χ1v) is 6.91. The smallest absolute Gasteiger partial charge is 0.322 e. The Bertz CT molecular complexity index is 465. The number of urea groups is 1. The van der Waals surface area contributed by atoms with Gasteiger partial charge in [-0.05, 0) is 19.3 Å². The van der Waals surface area contributed by atoms with Crippen molar-refractivity contribution in [2.24, 2.45) is 5.41 Å². The van der Waals surface area contributed by atoms with Crippen molar-refractivity contribution in [2.75, 3.05) is 18.4 Å². The summed E-state index contributed by atoms with van der Waals surface area (Å²) in [6.07, 6.45) is 3.31. The third kappa shape index (κ3) is 2.83. The molecule has 8 heteroatoms. The average molecular weight is 284 g/mol. The maximum absolute atomic E-state index is 12.1. The molecule has 0 bridgehead atoms. The third-order valence-electron chi connectivity index (χ3n) is 3.59. The highest BCUT2D eigenvalue weighted by Crippen LogP contribution is 2.33. The number of carbonyl (C=O) groups excluding carboxylic acids is 1. The van der Waals surface area contributed by atoms with Crippen LogP contribution in [0.5, 0.6) is 0 Å². The van der Waals surface area contributed by atoms with Gasteiger partial charge in [-0.3, -0.25) is 10.1 Å². The number of likely N-dealkylation sites (tertiary alicyclic amines) is 1. The number of carbonyl (C=O) groups is 2. The Morgan fingerprint density at radius 1 is 1.63 bits per heavy atom. The number of aromatic nitrogens is 2. The van der Waals surface area contributed by atoms with Gasteiger partial charge < -0.3 is 10.0 Å². The Morgan fingerprint density at radius 2 is 2.42 bits per heavy atom. The summed E-state index contributed by atoms with van der Waals surface area (Å²) in [6, 6.07) is -0.287. The van der Waals surface area contributed by atoms with Crippen molar-refractivity contribution in [1.82, 2.24) is 14.5 Å². The highest BCUT2D eigenvalue weighted by Gasteiger charge is 2.42. The van der Waals surface area contributed by atoms with E-state index in [2.05, 4.69) is 14.9 Å². The van der Waals surface area contributed by atoms with E-state index in [1.165, 1.54) is 6.20 Å². The minimum atomic E-state index is -0.827. The molecule has 1 fully saturated rings. The van der Waals surface area contributed by atoms with E-state index in [4.69, 9.17) is 0 Å². The van der Waals surface area contributed by atoms with Crippen molar-refractivity contribution >= 4 is 28.5 Å². The molecular formula is C11H16N4O3S. The largest absolute Gasteiger partial charge is 0.481 e. The molecule has 1 saturated heterocycles.